The third-order valence-corrected chi connectivity index (χ3v) is 7.04. The zero-order chi connectivity index (χ0) is 21.8. The number of amides is 2. The highest BCUT2D eigenvalue weighted by Gasteiger charge is 2.23. The van der Waals surface area contributed by atoms with Crippen LogP contribution >= 0.6 is 11.3 Å². The Labute approximate surface area is 181 Å². The van der Waals surface area contributed by atoms with Crippen molar-refractivity contribution < 1.29 is 9.59 Å². The zero-order valence-corrected chi connectivity index (χ0v) is 19.1. The average molecular weight is 434 g/mol. The van der Waals surface area contributed by atoms with Crippen LogP contribution < -0.4 is 5.56 Å². The third-order valence-electron chi connectivity index (χ3n) is 5.92. The molecule has 1 aliphatic heterocycles. The number of aryl methyl sites for hydroxylation is 3. The summed E-state index contributed by atoms with van der Waals surface area (Å²) in [7, 11) is 0. The molecule has 0 aromatic carbocycles. The van der Waals surface area contributed by atoms with Crippen molar-refractivity contribution in [3.63, 3.8) is 0 Å². The lowest BCUT2D eigenvalue weighted by Gasteiger charge is -2.35. The van der Waals surface area contributed by atoms with E-state index < -0.39 is 0 Å². The molecular formula is C21H31N5O3S. The van der Waals surface area contributed by atoms with Gasteiger partial charge in [0.25, 0.3) is 5.56 Å². The number of rotatable bonds is 7. The summed E-state index contributed by atoms with van der Waals surface area (Å²) in [5.41, 5.74) is 0.901. The van der Waals surface area contributed by atoms with Crippen LogP contribution in [0.4, 0.5) is 0 Å². The first-order valence-electron chi connectivity index (χ1n) is 10.6. The van der Waals surface area contributed by atoms with Gasteiger partial charge in [0.15, 0.2) is 0 Å². The van der Waals surface area contributed by atoms with Crippen LogP contribution in [0.25, 0.3) is 10.2 Å². The molecule has 1 aliphatic rings. The van der Waals surface area contributed by atoms with Gasteiger partial charge in [0.2, 0.25) is 11.8 Å². The molecule has 30 heavy (non-hydrogen) atoms. The molecule has 3 heterocycles. The standard InChI is InChI=1S/C21H31N5O3S/c1-5-24(6-2)18(28)13-23-9-11-25(12-10-23)17(27)7-8-26-14-22-20-19(21(26)29)15(3)16(4)30-20/h14H,5-13H2,1-4H3. The number of aromatic nitrogens is 2. The Balaban J connectivity index is 1.53. The quantitative estimate of drug-likeness (QED) is 0.661. The van der Waals surface area contributed by atoms with Gasteiger partial charge in [0, 0.05) is 57.1 Å². The minimum Gasteiger partial charge on any atom is -0.342 e. The van der Waals surface area contributed by atoms with E-state index >= 15 is 0 Å². The van der Waals surface area contributed by atoms with E-state index in [1.807, 2.05) is 37.5 Å². The van der Waals surface area contributed by atoms with Gasteiger partial charge in [-0.15, -0.1) is 11.3 Å². The molecule has 164 valence electrons. The molecule has 0 aliphatic carbocycles. The second-order valence-electron chi connectivity index (χ2n) is 7.68. The van der Waals surface area contributed by atoms with E-state index in [1.165, 1.54) is 11.3 Å². The van der Waals surface area contributed by atoms with Crippen molar-refractivity contribution in [3.05, 3.63) is 27.1 Å². The predicted octanol–water partition coefficient (Wildman–Crippen LogP) is 1.48. The van der Waals surface area contributed by atoms with Crippen molar-refractivity contribution in [2.24, 2.45) is 0 Å². The Morgan fingerprint density at radius 3 is 2.43 bits per heavy atom. The fourth-order valence-corrected chi connectivity index (χ4v) is 4.81. The highest BCUT2D eigenvalue weighted by Crippen LogP contribution is 2.25. The summed E-state index contributed by atoms with van der Waals surface area (Å²) in [6.45, 7) is 12.7. The Hall–Kier alpha value is -2.26. The smallest absolute Gasteiger partial charge is 0.262 e. The summed E-state index contributed by atoms with van der Waals surface area (Å²) in [5, 5.41) is 0.666. The zero-order valence-electron chi connectivity index (χ0n) is 18.3. The van der Waals surface area contributed by atoms with Crippen molar-refractivity contribution in [1.82, 2.24) is 24.3 Å². The van der Waals surface area contributed by atoms with Crippen LogP contribution in [0.15, 0.2) is 11.1 Å². The summed E-state index contributed by atoms with van der Waals surface area (Å²) in [6, 6.07) is 0. The van der Waals surface area contributed by atoms with Crippen LogP contribution in [-0.4, -0.2) is 81.9 Å². The van der Waals surface area contributed by atoms with Crippen LogP contribution in [0.3, 0.4) is 0 Å². The van der Waals surface area contributed by atoms with Crippen LogP contribution in [0.2, 0.25) is 0 Å². The fraction of sp³-hybridized carbons (Fsp3) is 0.619. The number of nitrogens with zero attached hydrogens (tertiary/aromatic N) is 5. The molecule has 2 aromatic rings. The van der Waals surface area contributed by atoms with Gasteiger partial charge in [0.05, 0.1) is 18.3 Å². The van der Waals surface area contributed by atoms with Crippen molar-refractivity contribution in [2.45, 2.75) is 40.7 Å². The lowest BCUT2D eigenvalue weighted by Crippen LogP contribution is -2.51. The van der Waals surface area contributed by atoms with Crippen LogP contribution in [0.1, 0.15) is 30.7 Å². The average Bonchev–Trinajstić information content (AvgIpc) is 3.03. The van der Waals surface area contributed by atoms with Gasteiger partial charge in [-0.3, -0.25) is 23.9 Å². The van der Waals surface area contributed by atoms with E-state index in [1.54, 1.807) is 10.9 Å². The number of carbonyl (C=O) groups excluding carboxylic acids is 2. The molecule has 2 aromatic heterocycles. The first-order chi connectivity index (χ1) is 14.3. The van der Waals surface area contributed by atoms with Crippen LogP contribution in [0, 0.1) is 13.8 Å². The van der Waals surface area contributed by atoms with Gasteiger partial charge >= 0.3 is 0 Å². The van der Waals surface area contributed by atoms with Crippen molar-refractivity contribution in [2.75, 3.05) is 45.8 Å². The van der Waals surface area contributed by atoms with E-state index in [0.29, 0.717) is 44.7 Å². The first kappa shape index (κ1) is 22.4. The number of piperazine rings is 1. The topological polar surface area (TPSA) is 78.8 Å². The van der Waals surface area contributed by atoms with Crippen molar-refractivity contribution >= 4 is 33.4 Å². The van der Waals surface area contributed by atoms with Crippen LogP contribution in [-0.2, 0) is 16.1 Å². The molecule has 0 spiro atoms. The number of carbonyl (C=O) groups is 2. The molecule has 1 saturated heterocycles. The Morgan fingerprint density at radius 1 is 1.13 bits per heavy atom. The lowest BCUT2D eigenvalue weighted by atomic mass is 10.2. The minimum absolute atomic E-state index is 0.0370. The molecule has 0 atom stereocenters. The maximum Gasteiger partial charge on any atom is 0.262 e. The monoisotopic (exact) mass is 433 g/mol. The van der Waals surface area contributed by atoms with Gasteiger partial charge in [-0.1, -0.05) is 0 Å². The highest BCUT2D eigenvalue weighted by atomic mass is 32.1. The SMILES string of the molecule is CCN(CC)C(=O)CN1CCN(C(=O)CCn2cnc3sc(C)c(C)c3c2=O)CC1. The molecule has 3 rings (SSSR count). The summed E-state index contributed by atoms with van der Waals surface area (Å²) in [6.07, 6.45) is 1.82. The Kier molecular flexibility index (Phi) is 7.25. The third kappa shape index (κ3) is 4.73. The molecule has 8 nitrogen and oxygen atoms in total. The van der Waals surface area contributed by atoms with E-state index in [2.05, 4.69) is 9.88 Å². The highest BCUT2D eigenvalue weighted by molar-refractivity contribution is 7.18. The van der Waals surface area contributed by atoms with Crippen molar-refractivity contribution in [1.29, 1.82) is 0 Å². The van der Waals surface area contributed by atoms with E-state index in [9.17, 15) is 14.4 Å². The lowest BCUT2D eigenvalue weighted by molar-refractivity contribution is -0.135. The summed E-state index contributed by atoms with van der Waals surface area (Å²) in [4.78, 5) is 49.7. The number of thiophene rings is 1. The van der Waals surface area contributed by atoms with Crippen LogP contribution in [0.5, 0.6) is 0 Å². The molecule has 9 heteroatoms. The number of hydrogen-bond acceptors (Lipinski definition) is 6. The summed E-state index contributed by atoms with van der Waals surface area (Å²) in [5.74, 6) is 0.177. The number of hydrogen-bond donors (Lipinski definition) is 0. The first-order valence-corrected chi connectivity index (χ1v) is 11.4. The second-order valence-corrected chi connectivity index (χ2v) is 8.88. The largest absolute Gasteiger partial charge is 0.342 e. The Bertz CT molecular complexity index is 971. The molecule has 0 saturated carbocycles. The van der Waals surface area contributed by atoms with E-state index in [0.717, 1.165) is 28.4 Å². The fourth-order valence-electron chi connectivity index (χ4n) is 3.83. The second kappa shape index (κ2) is 9.70. The molecule has 2 amide bonds. The summed E-state index contributed by atoms with van der Waals surface area (Å²) < 4.78 is 1.54. The van der Waals surface area contributed by atoms with Gasteiger partial charge in [-0.25, -0.2) is 4.98 Å². The normalized spacial score (nSPS) is 15.0. The van der Waals surface area contributed by atoms with Gasteiger partial charge in [-0.05, 0) is 33.3 Å². The van der Waals surface area contributed by atoms with E-state index in [4.69, 9.17) is 0 Å². The molecular weight excluding hydrogens is 402 g/mol. The molecule has 0 bridgehead atoms. The Morgan fingerprint density at radius 2 is 1.80 bits per heavy atom. The van der Waals surface area contributed by atoms with Gasteiger partial charge < -0.3 is 9.80 Å². The van der Waals surface area contributed by atoms with Gasteiger partial charge in [0.1, 0.15) is 4.83 Å². The minimum atomic E-state index is -0.0746. The maximum atomic E-state index is 12.8. The summed E-state index contributed by atoms with van der Waals surface area (Å²) >= 11 is 1.53. The molecule has 0 radical (unpaired) electrons. The van der Waals surface area contributed by atoms with E-state index in [-0.39, 0.29) is 23.8 Å². The van der Waals surface area contributed by atoms with Crippen molar-refractivity contribution in [3.8, 4) is 0 Å². The molecule has 1 fully saturated rings. The predicted molar refractivity (Wildman–Crippen MR) is 119 cm³/mol. The molecule has 0 N–H and O–H groups in total. The number of fused-ring (bicyclic) bond motifs is 1. The maximum absolute atomic E-state index is 12.8. The molecule has 0 unspecified atom stereocenters. The van der Waals surface area contributed by atoms with Gasteiger partial charge in [-0.2, -0.15) is 0 Å². The number of likely N-dealkylation sites (N-methyl/N-ethyl adjacent to an activating group) is 1.